The van der Waals surface area contributed by atoms with Gasteiger partial charge in [-0.3, -0.25) is 4.79 Å². The summed E-state index contributed by atoms with van der Waals surface area (Å²) in [7, 11) is 1.99. The Kier molecular flexibility index (Phi) is 2.33. The van der Waals surface area contributed by atoms with E-state index in [1.807, 2.05) is 22.4 Å². The molecule has 1 aliphatic carbocycles. The third-order valence-electron chi connectivity index (χ3n) is 4.19. The van der Waals surface area contributed by atoms with Gasteiger partial charge < -0.3 is 9.13 Å². The molecule has 0 fully saturated rings. The smallest absolute Gasteiger partial charge is 0.179 e. The van der Waals surface area contributed by atoms with Gasteiger partial charge in [-0.1, -0.05) is 0 Å². The fraction of sp³-hybridized carbons (Fsp3) is 0.250. The van der Waals surface area contributed by atoms with Crippen LogP contribution in [0.5, 0.6) is 0 Å². The summed E-state index contributed by atoms with van der Waals surface area (Å²) in [5.74, 6) is 0.272. The quantitative estimate of drug-likeness (QED) is 0.678. The maximum Gasteiger partial charge on any atom is 0.179 e. The lowest BCUT2D eigenvalue weighted by Gasteiger charge is -2.11. The molecule has 0 radical (unpaired) electrons. The van der Waals surface area contributed by atoms with E-state index in [2.05, 4.69) is 23.2 Å². The third-order valence-corrected chi connectivity index (χ3v) is 4.19. The molecule has 4 rings (SSSR count). The van der Waals surface area contributed by atoms with Crippen LogP contribution in [0.4, 0.5) is 0 Å². The summed E-state index contributed by atoms with van der Waals surface area (Å²) in [6, 6.07) is 6.32. The van der Waals surface area contributed by atoms with Gasteiger partial charge in [0.2, 0.25) is 0 Å². The first kappa shape index (κ1) is 11.5. The molecule has 0 aliphatic heterocycles. The Labute approximate surface area is 116 Å². The zero-order valence-corrected chi connectivity index (χ0v) is 11.3. The lowest BCUT2D eigenvalue weighted by Crippen LogP contribution is -2.13. The van der Waals surface area contributed by atoms with E-state index in [4.69, 9.17) is 0 Å². The van der Waals surface area contributed by atoms with Gasteiger partial charge >= 0.3 is 0 Å². The zero-order valence-electron chi connectivity index (χ0n) is 11.3. The van der Waals surface area contributed by atoms with Crippen LogP contribution in [0.2, 0.25) is 0 Å². The van der Waals surface area contributed by atoms with Crippen LogP contribution in [-0.4, -0.2) is 19.9 Å². The molecule has 1 aromatic carbocycles. The van der Waals surface area contributed by atoms with Crippen LogP contribution >= 0.6 is 0 Å². The van der Waals surface area contributed by atoms with Crippen molar-refractivity contribution in [2.45, 2.75) is 19.3 Å². The van der Waals surface area contributed by atoms with Crippen LogP contribution in [0.25, 0.3) is 16.6 Å². The predicted octanol–water partition coefficient (Wildman–Crippen LogP) is 2.88. The number of fused-ring (bicyclic) bond motifs is 3. The highest BCUT2D eigenvalue weighted by Crippen LogP contribution is 2.32. The molecule has 4 nitrogen and oxygen atoms in total. The van der Waals surface area contributed by atoms with Crippen molar-refractivity contribution in [3.05, 3.63) is 48.2 Å². The van der Waals surface area contributed by atoms with Crippen LogP contribution in [0.15, 0.2) is 36.9 Å². The normalized spacial score (nSPS) is 14.8. The number of carbonyl (C=O) groups excluding carboxylic acids is 1. The molecule has 20 heavy (non-hydrogen) atoms. The Hall–Kier alpha value is -2.36. The number of benzene rings is 1. The number of hydrogen-bond donors (Lipinski definition) is 0. The maximum atomic E-state index is 12.2. The van der Waals surface area contributed by atoms with E-state index in [1.165, 1.54) is 10.9 Å². The molecular weight excluding hydrogens is 250 g/mol. The van der Waals surface area contributed by atoms with Gasteiger partial charge in [-0.05, 0) is 36.6 Å². The monoisotopic (exact) mass is 265 g/mol. The number of imidazole rings is 1. The first-order chi connectivity index (χ1) is 9.75. The first-order valence-electron chi connectivity index (χ1n) is 6.88. The maximum absolute atomic E-state index is 12.2. The van der Waals surface area contributed by atoms with E-state index in [0.717, 1.165) is 29.7 Å². The Morgan fingerprint density at radius 3 is 2.95 bits per heavy atom. The molecule has 0 saturated heterocycles. The number of ketones is 1. The van der Waals surface area contributed by atoms with Crippen molar-refractivity contribution in [1.29, 1.82) is 0 Å². The molecule has 0 bridgehead atoms. The predicted molar refractivity (Wildman–Crippen MR) is 77.3 cm³/mol. The van der Waals surface area contributed by atoms with Crippen molar-refractivity contribution in [2.24, 2.45) is 7.05 Å². The van der Waals surface area contributed by atoms with Gasteiger partial charge in [0.15, 0.2) is 5.78 Å². The molecule has 0 amide bonds. The van der Waals surface area contributed by atoms with Crippen LogP contribution in [0.3, 0.4) is 0 Å². The van der Waals surface area contributed by atoms with E-state index in [9.17, 15) is 4.79 Å². The highest BCUT2D eigenvalue weighted by Gasteiger charge is 2.24. The van der Waals surface area contributed by atoms with E-state index < -0.39 is 0 Å². The van der Waals surface area contributed by atoms with Gasteiger partial charge in [-0.15, -0.1) is 0 Å². The fourth-order valence-corrected chi connectivity index (χ4v) is 3.23. The van der Waals surface area contributed by atoms with Gasteiger partial charge in [0, 0.05) is 42.5 Å². The summed E-state index contributed by atoms with van der Waals surface area (Å²) in [4.78, 5) is 16.2. The van der Waals surface area contributed by atoms with Crippen molar-refractivity contribution >= 4 is 16.7 Å². The molecule has 0 spiro atoms. The van der Waals surface area contributed by atoms with E-state index >= 15 is 0 Å². The van der Waals surface area contributed by atoms with Crippen molar-refractivity contribution in [1.82, 2.24) is 14.1 Å². The Morgan fingerprint density at radius 2 is 2.15 bits per heavy atom. The molecule has 0 unspecified atom stereocenters. The third kappa shape index (κ3) is 1.48. The van der Waals surface area contributed by atoms with E-state index in [1.54, 1.807) is 12.5 Å². The van der Waals surface area contributed by atoms with Gasteiger partial charge in [0.25, 0.3) is 0 Å². The number of rotatable bonds is 1. The van der Waals surface area contributed by atoms with Crippen LogP contribution < -0.4 is 0 Å². The van der Waals surface area contributed by atoms with Crippen molar-refractivity contribution in [3.8, 4) is 5.69 Å². The SMILES string of the molecule is Cn1c2c(c3cc(-n4ccnc4)ccc31)CCCC2=O. The first-order valence-corrected chi connectivity index (χ1v) is 6.88. The minimum Gasteiger partial charge on any atom is -0.341 e. The summed E-state index contributed by atoms with van der Waals surface area (Å²) in [5, 5.41) is 1.20. The number of Topliss-reactive ketones (excluding diaryl/α,β-unsaturated/α-hetero) is 1. The number of hydrogen-bond acceptors (Lipinski definition) is 2. The fourth-order valence-electron chi connectivity index (χ4n) is 3.23. The summed E-state index contributed by atoms with van der Waals surface area (Å²) < 4.78 is 4.04. The van der Waals surface area contributed by atoms with E-state index in [-0.39, 0.29) is 5.78 Å². The molecular formula is C16H15N3O. The standard InChI is InChI=1S/C16H15N3O/c1-18-14-6-5-11(19-8-7-17-10-19)9-13(14)12-3-2-4-15(20)16(12)18/h5-10H,2-4H2,1H3. The van der Waals surface area contributed by atoms with Gasteiger partial charge in [-0.2, -0.15) is 0 Å². The average Bonchev–Trinajstić information content (AvgIpc) is 3.07. The second-order valence-electron chi connectivity index (χ2n) is 5.33. The molecule has 4 heteroatoms. The lowest BCUT2D eigenvalue weighted by molar-refractivity contribution is 0.0965. The minimum absolute atomic E-state index is 0.272. The molecule has 0 atom stereocenters. The topological polar surface area (TPSA) is 39.8 Å². The Morgan fingerprint density at radius 1 is 1.25 bits per heavy atom. The molecule has 0 saturated carbocycles. The highest BCUT2D eigenvalue weighted by atomic mass is 16.1. The summed E-state index contributed by atoms with van der Waals surface area (Å²) in [6.07, 6.45) is 8.12. The van der Waals surface area contributed by atoms with Gasteiger partial charge in [-0.25, -0.2) is 4.98 Å². The summed E-state index contributed by atoms with van der Waals surface area (Å²) in [6.45, 7) is 0. The van der Waals surface area contributed by atoms with Crippen molar-refractivity contribution < 1.29 is 4.79 Å². The second kappa shape index (κ2) is 4.07. The molecule has 2 heterocycles. The van der Waals surface area contributed by atoms with Crippen molar-refractivity contribution in [2.75, 3.05) is 0 Å². The van der Waals surface area contributed by atoms with Crippen LogP contribution in [-0.2, 0) is 13.5 Å². The average molecular weight is 265 g/mol. The van der Waals surface area contributed by atoms with Gasteiger partial charge in [0.05, 0.1) is 12.0 Å². The summed E-state index contributed by atoms with van der Waals surface area (Å²) in [5.41, 5.74) is 4.32. The van der Waals surface area contributed by atoms with Crippen molar-refractivity contribution in [3.63, 3.8) is 0 Å². The zero-order chi connectivity index (χ0) is 13.7. The second-order valence-corrected chi connectivity index (χ2v) is 5.33. The largest absolute Gasteiger partial charge is 0.341 e. The summed E-state index contributed by atoms with van der Waals surface area (Å²) >= 11 is 0. The number of carbonyl (C=O) groups is 1. The lowest BCUT2D eigenvalue weighted by atomic mass is 9.94. The molecule has 100 valence electrons. The molecule has 1 aliphatic rings. The number of nitrogens with zero attached hydrogens (tertiary/aromatic N) is 3. The Balaban J connectivity index is 2.01. The molecule has 3 aromatic rings. The van der Waals surface area contributed by atoms with Crippen LogP contribution in [0.1, 0.15) is 28.9 Å². The Bertz CT molecular complexity index is 812. The van der Waals surface area contributed by atoms with E-state index in [0.29, 0.717) is 6.42 Å². The minimum atomic E-state index is 0.272. The molecule has 0 N–H and O–H groups in total. The molecule has 2 aromatic heterocycles. The number of aryl methyl sites for hydroxylation is 2. The highest BCUT2D eigenvalue weighted by molar-refractivity contribution is 6.04. The van der Waals surface area contributed by atoms with Crippen LogP contribution in [0, 0.1) is 0 Å². The van der Waals surface area contributed by atoms with Gasteiger partial charge in [0.1, 0.15) is 0 Å². The number of aromatic nitrogens is 3.